The predicted octanol–water partition coefficient (Wildman–Crippen LogP) is 1.56. The Hall–Kier alpha value is -2.15. The number of aromatic nitrogens is 1. The van der Waals surface area contributed by atoms with Gasteiger partial charge in [-0.2, -0.15) is 0 Å². The number of nitrogen functional groups attached to an aromatic ring is 1. The van der Waals surface area contributed by atoms with Crippen LogP contribution < -0.4 is 15.8 Å². The molecule has 0 unspecified atom stereocenters. The molecular weight excluding hydrogens is 269 g/mol. The molecule has 7 heteroatoms. The molecule has 0 saturated carbocycles. The topological polar surface area (TPSA) is 77.2 Å². The summed E-state index contributed by atoms with van der Waals surface area (Å²) in [6.45, 7) is 0.113. The summed E-state index contributed by atoms with van der Waals surface area (Å²) in [4.78, 5) is 15.5. The number of amides is 1. The Kier molecular flexibility index (Phi) is 4.30. The number of carbonyl (C=O) groups excluding carboxylic acids is 1. The predicted molar refractivity (Wildman–Crippen MR) is 70.3 cm³/mol. The van der Waals surface area contributed by atoms with Crippen LogP contribution in [0.25, 0.3) is 0 Å². The van der Waals surface area contributed by atoms with Gasteiger partial charge in [0.15, 0.2) is 11.7 Å². The lowest BCUT2D eigenvalue weighted by molar-refractivity contribution is -0.123. The molecule has 2 aromatic rings. The van der Waals surface area contributed by atoms with Gasteiger partial charge in [-0.1, -0.05) is 6.07 Å². The molecule has 3 N–H and O–H groups in total. The number of hydrogen-bond acceptors (Lipinski definition) is 5. The summed E-state index contributed by atoms with van der Waals surface area (Å²) < 4.78 is 18.0. The Morgan fingerprint density at radius 1 is 1.53 bits per heavy atom. The minimum atomic E-state index is -0.407. The van der Waals surface area contributed by atoms with E-state index in [0.29, 0.717) is 23.1 Å². The molecule has 19 heavy (non-hydrogen) atoms. The molecular formula is C12H12FN3O2S. The quantitative estimate of drug-likeness (QED) is 0.872. The van der Waals surface area contributed by atoms with Crippen molar-refractivity contribution in [2.45, 2.75) is 6.54 Å². The fourth-order valence-electron chi connectivity index (χ4n) is 1.35. The van der Waals surface area contributed by atoms with Gasteiger partial charge in [0, 0.05) is 11.4 Å². The largest absolute Gasteiger partial charge is 0.484 e. The van der Waals surface area contributed by atoms with Crippen molar-refractivity contribution < 1.29 is 13.9 Å². The van der Waals surface area contributed by atoms with E-state index in [0.717, 1.165) is 0 Å². The minimum Gasteiger partial charge on any atom is -0.484 e. The summed E-state index contributed by atoms with van der Waals surface area (Å²) in [7, 11) is 0. The maximum atomic E-state index is 12.9. The molecule has 0 spiro atoms. The van der Waals surface area contributed by atoms with Crippen molar-refractivity contribution in [2.75, 3.05) is 12.3 Å². The van der Waals surface area contributed by atoms with Crippen LogP contribution in [0.5, 0.6) is 5.75 Å². The molecule has 0 radical (unpaired) electrons. The highest BCUT2D eigenvalue weighted by atomic mass is 32.1. The van der Waals surface area contributed by atoms with Gasteiger partial charge in [0.2, 0.25) is 0 Å². The molecule has 1 amide bonds. The van der Waals surface area contributed by atoms with Gasteiger partial charge in [0.05, 0.1) is 12.2 Å². The smallest absolute Gasteiger partial charge is 0.258 e. The van der Waals surface area contributed by atoms with E-state index in [1.165, 1.54) is 29.5 Å². The third-order valence-electron chi connectivity index (χ3n) is 2.20. The minimum absolute atomic E-state index is 0.178. The van der Waals surface area contributed by atoms with E-state index in [-0.39, 0.29) is 12.5 Å². The molecule has 0 bridgehead atoms. The highest BCUT2D eigenvalue weighted by Gasteiger charge is 2.05. The van der Waals surface area contributed by atoms with Gasteiger partial charge >= 0.3 is 0 Å². The first kappa shape index (κ1) is 13.3. The first-order valence-electron chi connectivity index (χ1n) is 5.48. The Morgan fingerprint density at radius 3 is 3.05 bits per heavy atom. The summed E-state index contributed by atoms with van der Waals surface area (Å²) in [5, 5.41) is 4.85. The van der Waals surface area contributed by atoms with Crippen molar-refractivity contribution in [3.63, 3.8) is 0 Å². The van der Waals surface area contributed by atoms with Gasteiger partial charge in [-0.3, -0.25) is 4.79 Å². The number of nitrogens with one attached hydrogen (secondary N) is 1. The van der Waals surface area contributed by atoms with Crippen LogP contribution in [0.4, 0.5) is 9.52 Å². The van der Waals surface area contributed by atoms with Crippen molar-refractivity contribution in [1.82, 2.24) is 10.3 Å². The van der Waals surface area contributed by atoms with Crippen LogP contribution in [0.2, 0.25) is 0 Å². The molecule has 1 heterocycles. The van der Waals surface area contributed by atoms with Crippen LogP contribution in [0.3, 0.4) is 0 Å². The van der Waals surface area contributed by atoms with E-state index in [9.17, 15) is 9.18 Å². The standard InChI is InChI=1S/C12H12FN3O2S/c13-8-2-1-3-10(4-8)18-6-11(17)15-5-9-7-19-12(14)16-9/h1-4,7H,5-6H2,(H2,14,16)(H,15,17). The number of thiazole rings is 1. The Bertz CT molecular complexity index is 574. The van der Waals surface area contributed by atoms with E-state index in [1.54, 1.807) is 11.4 Å². The SMILES string of the molecule is Nc1nc(CNC(=O)COc2cccc(F)c2)cs1. The Balaban J connectivity index is 1.75. The van der Waals surface area contributed by atoms with Gasteiger partial charge in [-0.15, -0.1) is 11.3 Å². The van der Waals surface area contributed by atoms with Gasteiger partial charge in [0.25, 0.3) is 5.91 Å². The van der Waals surface area contributed by atoms with Crippen LogP contribution in [-0.2, 0) is 11.3 Å². The number of rotatable bonds is 5. The van der Waals surface area contributed by atoms with Crippen LogP contribution in [-0.4, -0.2) is 17.5 Å². The van der Waals surface area contributed by atoms with Gasteiger partial charge < -0.3 is 15.8 Å². The lowest BCUT2D eigenvalue weighted by Gasteiger charge is -2.06. The van der Waals surface area contributed by atoms with E-state index >= 15 is 0 Å². The van der Waals surface area contributed by atoms with Crippen LogP contribution in [0, 0.1) is 5.82 Å². The highest BCUT2D eigenvalue weighted by molar-refractivity contribution is 7.13. The highest BCUT2D eigenvalue weighted by Crippen LogP contribution is 2.12. The summed E-state index contributed by atoms with van der Waals surface area (Å²) in [6.07, 6.45) is 0. The van der Waals surface area contributed by atoms with Crippen LogP contribution in [0.1, 0.15) is 5.69 Å². The van der Waals surface area contributed by atoms with E-state index < -0.39 is 5.82 Å². The zero-order valence-corrected chi connectivity index (χ0v) is 10.7. The van der Waals surface area contributed by atoms with Crippen LogP contribution in [0.15, 0.2) is 29.6 Å². The number of halogens is 1. The summed E-state index contributed by atoms with van der Waals surface area (Å²) in [6, 6.07) is 5.62. The van der Waals surface area contributed by atoms with E-state index in [2.05, 4.69) is 10.3 Å². The fourth-order valence-corrected chi connectivity index (χ4v) is 1.91. The zero-order valence-electron chi connectivity index (χ0n) is 9.93. The second-order valence-corrected chi connectivity index (χ2v) is 4.59. The Morgan fingerprint density at radius 2 is 2.37 bits per heavy atom. The molecule has 0 fully saturated rings. The molecule has 5 nitrogen and oxygen atoms in total. The van der Waals surface area contributed by atoms with Gasteiger partial charge in [-0.25, -0.2) is 9.37 Å². The van der Waals surface area contributed by atoms with E-state index in [1.807, 2.05) is 0 Å². The molecule has 0 saturated heterocycles. The zero-order chi connectivity index (χ0) is 13.7. The van der Waals surface area contributed by atoms with Crippen LogP contribution >= 0.6 is 11.3 Å². The lowest BCUT2D eigenvalue weighted by atomic mass is 10.3. The molecule has 0 aliphatic heterocycles. The number of nitrogens with zero attached hydrogens (tertiary/aromatic N) is 1. The molecule has 1 aromatic carbocycles. The number of ether oxygens (including phenoxy) is 1. The van der Waals surface area contributed by atoms with Crippen molar-refractivity contribution in [1.29, 1.82) is 0 Å². The number of hydrogen-bond donors (Lipinski definition) is 2. The van der Waals surface area contributed by atoms with Crippen molar-refractivity contribution in [3.05, 3.63) is 41.2 Å². The fraction of sp³-hybridized carbons (Fsp3) is 0.167. The van der Waals surface area contributed by atoms with Crippen molar-refractivity contribution in [2.24, 2.45) is 0 Å². The van der Waals surface area contributed by atoms with Gasteiger partial charge in [0.1, 0.15) is 11.6 Å². The normalized spacial score (nSPS) is 10.2. The lowest BCUT2D eigenvalue weighted by Crippen LogP contribution is -2.28. The molecule has 0 atom stereocenters. The third kappa shape index (κ3) is 4.22. The average Bonchev–Trinajstić information content (AvgIpc) is 2.80. The summed E-state index contributed by atoms with van der Waals surface area (Å²) >= 11 is 1.31. The molecule has 0 aliphatic rings. The third-order valence-corrected chi connectivity index (χ3v) is 2.92. The molecule has 0 aliphatic carbocycles. The summed E-state index contributed by atoms with van der Waals surface area (Å²) in [5.41, 5.74) is 6.16. The number of anilines is 1. The Labute approximate surface area is 113 Å². The van der Waals surface area contributed by atoms with E-state index in [4.69, 9.17) is 10.5 Å². The maximum absolute atomic E-state index is 12.9. The monoisotopic (exact) mass is 281 g/mol. The number of carbonyl (C=O) groups is 1. The van der Waals surface area contributed by atoms with Crippen molar-refractivity contribution >= 4 is 22.4 Å². The number of benzene rings is 1. The first-order chi connectivity index (χ1) is 9.13. The average molecular weight is 281 g/mol. The number of nitrogens with two attached hydrogens (primary N) is 1. The molecule has 1 aromatic heterocycles. The molecule has 100 valence electrons. The second-order valence-electron chi connectivity index (χ2n) is 3.70. The van der Waals surface area contributed by atoms with Crippen molar-refractivity contribution in [3.8, 4) is 5.75 Å². The summed E-state index contributed by atoms with van der Waals surface area (Å²) in [5.74, 6) is -0.403. The molecule has 2 rings (SSSR count). The second kappa shape index (κ2) is 6.14. The maximum Gasteiger partial charge on any atom is 0.258 e. The first-order valence-corrected chi connectivity index (χ1v) is 6.36. The van der Waals surface area contributed by atoms with Gasteiger partial charge in [-0.05, 0) is 12.1 Å².